The molecule has 2 heterocycles. The van der Waals surface area contributed by atoms with Gasteiger partial charge >= 0.3 is 0 Å². The summed E-state index contributed by atoms with van der Waals surface area (Å²) in [4.78, 5) is 3.36. The summed E-state index contributed by atoms with van der Waals surface area (Å²) in [6.45, 7) is 1.07. The number of ether oxygens (including phenoxy) is 1. The van der Waals surface area contributed by atoms with Crippen LogP contribution in [0, 0.1) is 5.92 Å². The van der Waals surface area contributed by atoms with Gasteiger partial charge in [-0.2, -0.15) is 0 Å². The number of piperidine rings is 1. The van der Waals surface area contributed by atoms with E-state index in [9.17, 15) is 5.11 Å². The average molecular weight is 272 g/mol. The summed E-state index contributed by atoms with van der Waals surface area (Å²) in [7, 11) is 1.80. The van der Waals surface area contributed by atoms with Gasteiger partial charge in [0.25, 0.3) is 0 Å². The second kappa shape index (κ2) is 4.32. The molecule has 0 radical (unpaired) electrons. The third kappa shape index (κ3) is 1.47. The molecule has 4 rings (SSSR count). The maximum atomic E-state index is 9.54. The van der Waals surface area contributed by atoms with Gasteiger partial charge in [-0.15, -0.1) is 0 Å². The molecule has 1 fully saturated rings. The van der Waals surface area contributed by atoms with Crippen molar-refractivity contribution in [3.63, 3.8) is 0 Å². The first-order chi connectivity index (χ1) is 9.78. The fraction of sp³-hybridized carbons (Fsp3) is 0.500. The standard InChI is InChI=1S/C16H20N2O2/c1-20-16-6-10(9-19)7-18-14(16)5-11-8-17-13-4-2-3-12(16)15(11)13/h2-4,8,10,14,17-19H,5-7,9H2,1H3/t10-,14+,16-/m0/s1. The summed E-state index contributed by atoms with van der Waals surface area (Å²) >= 11 is 0. The Morgan fingerprint density at radius 1 is 1.45 bits per heavy atom. The van der Waals surface area contributed by atoms with Gasteiger partial charge in [0.2, 0.25) is 0 Å². The summed E-state index contributed by atoms with van der Waals surface area (Å²) < 4.78 is 6.04. The Kier molecular flexibility index (Phi) is 2.67. The SMILES string of the molecule is CO[C@]12C[C@H](CO)CN[C@@H]1Cc1c[nH]c3cccc2c13. The van der Waals surface area contributed by atoms with E-state index >= 15 is 0 Å². The third-order valence-corrected chi connectivity index (χ3v) is 5.10. The molecule has 20 heavy (non-hydrogen) atoms. The van der Waals surface area contributed by atoms with Crippen molar-refractivity contribution in [1.82, 2.24) is 10.3 Å². The number of aliphatic hydroxyl groups excluding tert-OH is 1. The molecule has 2 aromatic rings. The fourth-order valence-electron chi connectivity index (χ4n) is 4.11. The van der Waals surface area contributed by atoms with Gasteiger partial charge in [-0.3, -0.25) is 0 Å². The highest BCUT2D eigenvalue weighted by Gasteiger charge is 2.49. The number of aromatic amines is 1. The minimum Gasteiger partial charge on any atom is -0.396 e. The molecule has 0 bridgehead atoms. The van der Waals surface area contributed by atoms with Gasteiger partial charge in [-0.05, 0) is 36.0 Å². The molecular formula is C16H20N2O2. The lowest BCUT2D eigenvalue weighted by Crippen LogP contribution is -2.59. The number of rotatable bonds is 2. The van der Waals surface area contributed by atoms with Crippen molar-refractivity contribution < 1.29 is 9.84 Å². The monoisotopic (exact) mass is 272 g/mol. The molecule has 0 spiro atoms. The molecule has 3 atom stereocenters. The van der Waals surface area contributed by atoms with Crippen LogP contribution in [0.25, 0.3) is 10.9 Å². The number of hydrogen-bond acceptors (Lipinski definition) is 3. The number of benzene rings is 1. The van der Waals surface area contributed by atoms with Gasteiger partial charge in [0, 0.05) is 43.4 Å². The minimum absolute atomic E-state index is 0.209. The zero-order valence-electron chi connectivity index (χ0n) is 11.6. The molecule has 1 saturated heterocycles. The average Bonchev–Trinajstić information content (AvgIpc) is 2.92. The van der Waals surface area contributed by atoms with Crippen molar-refractivity contribution in [2.75, 3.05) is 20.3 Å². The molecule has 1 aromatic carbocycles. The van der Waals surface area contributed by atoms with Gasteiger partial charge in [0.1, 0.15) is 5.60 Å². The first-order valence-corrected chi connectivity index (χ1v) is 7.27. The quantitative estimate of drug-likeness (QED) is 0.777. The Bertz CT molecular complexity index is 651. The summed E-state index contributed by atoms with van der Waals surface area (Å²) in [5.74, 6) is 0.252. The topological polar surface area (TPSA) is 57.3 Å². The predicted octanol–water partition coefficient (Wildman–Crippen LogP) is 1.54. The highest BCUT2D eigenvalue weighted by atomic mass is 16.5. The Hall–Kier alpha value is -1.36. The van der Waals surface area contributed by atoms with Crippen LogP contribution in [0.5, 0.6) is 0 Å². The normalized spacial score (nSPS) is 32.3. The van der Waals surface area contributed by atoms with Crippen LogP contribution in [0.3, 0.4) is 0 Å². The van der Waals surface area contributed by atoms with Crippen molar-refractivity contribution in [3.8, 4) is 0 Å². The Labute approximate surface area is 118 Å². The summed E-state index contributed by atoms with van der Waals surface area (Å²) in [5.41, 5.74) is 3.48. The number of aromatic nitrogens is 1. The van der Waals surface area contributed by atoms with Crippen LogP contribution >= 0.6 is 0 Å². The lowest BCUT2D eigenvalue weighted by Gasteiger charge is -2.49. The first kappa shape index (κ1) is 12.4. The molecule has 1 aliphatic heterocycles. The Morgan fingerprint density at radius 2 is 2.35 bits per heavy atom. The zero-order chi connectivity index (χ0) is 13.7. The molecule has 0 unspecified atom stereocenters. The second-order valence-electron chi connectivity index (χ2n) is 6.05. The largest absolute Gasteiger partial charge is 0.396 e. The Morgan fingerprint density at radius 3 is 3.15 bits per heavy atom. The lowest BCUT2D eigenvalue weighted by atomic mass is 9.69. The molecule has 2 aliphatic rings. The summed E-state index contributed by atoms with van der Waals surface area (Å²) in [6, 6.07) is 6.66. The van der Waals surface area contributed by atoms with Crippen molar-refractivity contribution >= 4 is 10.9 Å². The first-order valence-electron chi connectivity index (χ1n) is 7.27. The van der Waals surface area contributed by atoms with Gasteiger partial charge in [0.15, 0.2) is 0 Å². The van der Waals surface area contributed by atoms with Crippen LogP contribution in [0.1, 0.15) is 17.5 Å². The molecule has 1 aliphatic carbocycles. The predicted molar refractivity (Wildman–Crippen MR) is 77.7 cm³/mol. The van der Waals surface area contributed by atoms with Gasteiger partial charge in [0.05, 0.1) is 0 Å². The van der Waals surface area contributed by atoms with E-state index in [2.05, 4.69) is 34.7 Å². The summed E-state index contributed by atoms with van der Waals surface area (Å²) in [5, 5.41) is 14.4. The Balaban J connectivity index is 1.94. The smallest absolute Gasteiger partial charge is 0.109 e. The van der Waals surface area contributed by atoms with E-state index in [4.69, 9.17) is 4.74 Å². The number of hydrogen-bond donors (Lipinski definition) is 3. The van der Waals surface area contributed by atoms with Crippen LogP contribution in [0.2, 0.25) is 0 Å². The number of methoxy groups -OCH3 is 1. The maximum Gasteiger partial charge on any atom is 0.109 e. The zero-order valence-corrected chi connectivity index (χ0v) is 11.6. The molecule has 4 heteroatoms. The van der Waals surface area contributed by atoms with E-state index in [1.807, 2.05) is 0 Å². The maximum absolute atomic E-state index is 9.54. The van der Waals surface area contributed by atoms with E-state index in [0.29, 0.717) is 0 Å². The van der Waals surface area contributed by atoms with Crippen molar-refractivity contribution in [3.05, 3.63) is 35.5 Å². The minimum atomic E-state index is -0.319. The van der Waals surface area contributed by atoms with Gasteiger partial charge in [-0.1, -0.05) is 12.1 Å². The number of H-pyrrole nitrogens is 1. The second-order valence-corrected chi connectivity index (χ2v) is 6.05. The molecule has 106 valence electrons. The number of aliphatic hydroxyl groups is 1. The number of fused-ring (bicyclic) bond motifs is 2. The lowest BCUT2D eigenvalue weighted by molar-refractivity contribution is -0.0884. The molecule has 3 N–H and O–H groups in total. The van der Waals surface area contributed by atoms with Crippen LogP contribution in [-0.2, 0) is 16.8 Å². The molecule has 0 saturated carbocycles. The van der Waals surface area contributed by atoms with Crippen LogP contribution < -0.4 is 5.32 Å². The van der Waals surface area contributed by atoms with E-state index in [0.717, 1.165) is 19.4 Å². The van der Waals surface area contributed by atoms with Gasteiger partial charge < -0.3 is 20.1 Å². The van der Waals surface area contributed by atoms with Crippen LogP contribution in [0.15, 0.2) is 24.4 Å². The molecule has 1 aromatic heterocycles. The highest BCUT2D eigenvalue weighted by molar-refractivity contribution is 5.88. The highest BCUT2D eigenvalue weighted by Crippen LogP contribution is 2.46. The van der Waals surface area contributed by atoms with E-state index < -0.39 is 0 Å². The van der Waals surface area contributed by atoms with Gasteiger partial charge in [-0.25, -0.2) is 0 Å². The van der Waals surface area contributed by atoms with Crippen molar-refractivity contribution in [2.24, 2.45) is 5.92 Å². The van der Waals surface area contributed by atoms with E-state index in [1.165, 1.54) is 22.0 Å². The van der Waals surface area contributed by atoms with Crippen LogP contribution in [-0.4, -0.2) is 36.4 Å². The molecular weight excluding hydrogens is 252 g/mol. The summed E-state index contributed by atoms with van der Waals surface area (Å²) in [6.07, 6.45) is 3.97. The van der Waals surface area contributed by atoms with Crippen molar-refractivity contribution in [1.29, 1.82) is 0 Å². The van der Waals surface area contributed by atoms with E-state index in [1.54, 1.807) is 7.11 Å². The van der Waals surface area contributed by atoms with Crippen molar-refractivity contribution in [2.45, 2.75) is 24.5 Å². The third-order valence-electron chi connectivity index (χ3n) is 5.10. The molecule has 4 nitrogen and oxygen atoms in total. The number of nitrogens with one attached hydrogen (secondary N) is 2. The molecule has 0 amide bonds. The van der Waals surface area contributed by atoms with Crippen LogP contribution in [0.4, 0.5) is 0 Å². The fourth-order valence-corrected chi connectivity index (χ4v) is 4.11. The van der Waals surface area contributed by atoms with E-state index in [-0.39, 0.29) is 24.2 Å².